The third-order valence-electron chi connectivity index (χ3n) is 3.75. The smallest absolute Gasteiger partial charge is 0.128 e. The number of carbonyl (C=O) groups excluding carboxylic acids is 1. The van der Waals surface area contributed by atoms with Gasteiger partial charge in [-0.1, -0.05) is 37.3 Å². The molecule has 2 heteroatoms. The van der Waals surface area contributed by atoms with E-state index in [4.69, 9.17) is 0 Å². The number of hydrogen-bond donors (Lipinski definition) is 0. The molecule has 17 heavy (non-hydrogen) atoms. The molecule has 0 aliphatic heterocycles. The van der Waals surface area contributed by atoms with E-state index in [2.05, 4.69) is 30.1 Å². The van der Waals surface area contributed by atoms with E-state index in [1.807, 2.05) is 32.3 Å². The standard InChI is InChI=1S/C15H19NO/c1-15(10-5-4-7-12(15)11-17)13-8-6-9-14(13)16(2)3/h4-7,9-12H,8H2,1-3H3. The quantitative estimate of drug-likeness (QED) is 0.693. The van der Waals surface area contributed by atoms with E-state index < -0.39 is 0 Å². The van der Waals surface area contributed by atoms with Crippen LogP contribution in [0.25, 0.3) is 0 Å². The molecule has 0 fully saturated rings. The predicted molar refractivity (Wildman–Crippen MR) is 70.4 cm³/mol. The summed E-state index contributed by atoms with van der Waals surface area (Å²) in [6, 6.07) is 0. The second kappa shape index (κ2) is 4.36. The zero-order chi connectivity index (χ0) is 12.5. The zero-order valence-electron chi connectivity index (χ0n) is 10.7. The molecule has 0 spiro atoms. The van der Waals surface area contributed by atoms with Crippen molar-refractivity contribution >= 4 is 6.29 Å². The van der Waals surface area contributed by atoms with Crippen LogP contribution in [0.2, 0.25) is 0 Å². The van der Waals surface area contributed by atoms with Gasteiger partial charge in [0.2, 0.25) is 0 Å². The summed E-state index contributed by atoms with van der Waals surface area (Å²) in [5.74, 6) is -0.0580. The first-order valence-corrected chi connectivity index (χ1v) is 5.98. The molecule has 0 heterocycles. The van der Waals surface area contributed by atoms with Crippen LogP contribution < -0.4 is 0 Å². The van der Waals surface area contributed by atoms with Gasteiger partial charge in [0, 0.05) is 31.1 Å². The lowest BCUT2D eigenvalue weighted by Crippen LogP contribution is -2.30. The largest absolute Gasteiger partial charge is 0.378 e. The number of aldehydes is 1. The molecular formula is C15H19NO. The molecule has 0 N–H and O–H groups in total. The Kier molecular flexibility index (Phi) is 3.05. The van der Waals surface area contributed by atoms with E-state index in [0.29, 0.717) is 0 Å². The average Bonchev–Trinajstić information content (AvgIpc) is 2.79. The summed E-state index contributed by atoms with van der Waals surface area (Å²) in [6.07, 6.45) is 14.4. The van der Waals surface area contributed by atoms with Crippen LogP contribution >= 0.6 is 0 Å². The van der Waals surface area contributed by atoms with Crippen LogP contribution in [0.1, 0.15) is 13.3 Å². The van der Waals surface area contributed by atoms with Crippen molar-refractivity contribution in [1.82, 2.24) is 4.90 Å². The first-order chi connectivity index (χ1) is 8.09. The van der Waals surface area contributed by atoms with E-state index in [0.717, 1.165) is 12.7 Å². The Morgan fingerprint density at radius 2 is 2.18 bits per heavy atom. The van der Waals surface area contributed by atoms with Gasteiger partial charge in [-0.3, -0.25) is 0 Å². The van der Waals surface area contributed by atoms with Crippen LogP contribution in [0.3, 0.4) is 0 Å². The van der Waals surface area contributed by atoms with E-state index in [1.54, 1.807) is 0 Å². The fourth-order valence-corrected chi connectivity index (χ4v) is 2.65. The summed E-state index contributed by atoms with van der Waals surface area (Å²) in [4.78, 5) is 13.4. The summed E-state index contributed by atoms with van der Waals surface area (Å²) < 4.78 is 0. The van der Waals surface area contributed by atoms with Crippen molar-refractivity contribution in [2.75, 3.05) is 14.1 Å². The molecule has 2 unspecified atom stereocenters. The summed E-state index contributed by atoms with van der Waals surface area (Å²) in [5.41, 5.74) is 2.39. The van der Waals surface area contributed by atoms with Crippen LogP contribution in [-0.4, -0.2) is 25.3 Å². The van der Waals surface area contributed by atoms with Gasteiger partial charge in [-0.15, -0.1) is 0 Å². The normalized spacial score (nSPS) is 31.1. The molecule has 2 atom stereocenters. The second-order valence-electron chi connectivity index (χ2n) is 5.05. The van der Waals surface area contributed by atoms with Crippen molar-refractivity contribution in [1.29, 1.82) is 0 Å². The highest BCUT2D eigenvalue weighted by atomic mass is 16.1. The van der Waals surface area contributed by atoms with Crippen LogP contribution in [0, 0.1) is 11.3 Å². The molecule has 0 aromatic rings. The molecule has 2 aliphatic rings. The van der Waals surface area contributed by atoms with Crippen molar-refractivity contribution in [3.63, 3.8) is 0 Å². The predicted octanol–water partition coefficient (Wildman–Crippen LogP) is 2.71. The molecule has 2 nitrogen and oxygen atoms in total. The Labute approximate surface area is 103 Å². The zero-order valence-corrected chi connectivity index (χ0v) is 10.7. The van der Waals surface area contributed by atoms with Gasteiger partial charge in [0.1, 0.15) is 6.29 Å². The minimum absolute atomic E-state index is 0.0580. The third-order valence-corrected chi connectivity index (χ3v) is 3.75. The van der Waals surface area contributed by atoms with E-state index >= 15 is 0 Å². The number of allylic oxidation sites excluding steroid dienone is 7. The Morgan fingerprint density at radius 1 is 1.41 bits per heavy atom. The third kappa shape index (κ3) is 1.88. The van der Waals surface area contributed by atoms with E-state index in [1.165, 1.54) is 11.3 Å². The van der Waals surface area contributed by atoms with Gasteiger partial charge in [0.15, 0.2) is 0 Å². The van der Waals surface area contributed by atoms with Gasteiger partial charge in [0.25, 0.3) is 0 Å². The SMILES string of the molecule is CN(C)C1=C(C2(C)C=CC=CC2C=O)CC=C1. The summed E-state index contributed by atoms with van der Waals surface area (Å²) >= 11 is 0. The van der Waals surface area contributed by atoms with Gasteiger partial charge in [-0.05, 0) is 18.1 Å². The van der Waals surface area contributed by atoms with Crippen molar-refractivity contribution in [3.8, 4) is 0 Å². The lowest BCUT2D eigenvalue weighted by Gasteiger charge is -2.35. The Balaban J connectivity index is 2.45. The van der Waals surface area contributed by atoms with Gasteiger partial charge < -0.3 is 9.69 Å². The van der Waals surface area contributed by atoms with Crippen molar-refractivity contribution in [3.05, 3.63) is 47.7 Å². The molecule has 90 valence electrons. The van der Waals surface area contributed by atoms with E-state index in [9.17, 15) is 4.79 Å². The van der Waals surface area contributed by atoms with Gasteiger partial charge >= 0.3 is 0 Å². The average molecular weight is 229 g/mol. The number of carbonyl (C=O) groups is 1. The minimum atomic E-state index is -0.181. The summed E-state index contributed by atoms with van der Waals surface area (Å²) in [5, 5.41) is 0. The Bertz CT molecular complexity index is 440. The molecule has 0 bridgehead atoms. The molecule has 0 radical (unpaired) electrons. The Hall–Kier alpha value is -1.57. The highest BCUT2D eigenvalue weighted by Gasteiger charge is 2.37. The maximum atomic E-state index is 11.3. The second-order valence-corrected chi connectivity index (χ2v) is 5.05. The number of rotatable bonds is 3. The number of nitrogens with zero attached hydrogens (tertiary/aromatic N) is 1. The molecule has 0 amide bonds. The molecule has 0 saturated heterocycles. The van der Waals surface area contributed by atoms with E-state index in [-0.39, 0.29) is 11.3 Å². The van der Waals surface area contributed by atoms with Gasteiger partial charge in [0.05, 0.1) is 0 Å². The van der Waals surface area contributed by atoms with Crippen molar-refractivity contribution in [2.45, 2.75) is 13.3 Å². The molecule has 0 aromatic heterocycles. The van der Waals surface area contributed by atoms with Crippen molar-refractivity contribution in [2.24, 2.45) is 11.3 Å². The fourth-order valence-electron chi connectivity index (χ4n) is 2.65. The van der Waals surface area contributed by atoms with Crippen molar-refractivity contribution < 1.29 is 4.79 Å². The summed E-state index contributed by atoms with van der Waals surface area (Å²) in [6.45, 7) is 2.15. The number of hydrogen-bond acceptors (Lipinski definition) is 2. The van der Waals surface area contributed by atoms with Crippen LogP contribution in [0.5, 0.6) is 0 Å². The number of likely N-dealkylation sites (N-methyl/N-ethyl adjacent to an activating group) is 1. The highest BCUT2D eigenvalue weighted by Crippen LogP contribution is 2.44. The monoisotopic (exact) mass is 229 g/mol. The molecule has 0 aromatic carbocycles. The Morgan fingerprint density at radius 3 is 2.82 bits per heavy atom. The molecule has 2 aliphatic carbocycles. The molecular weight excluding hydrogens is 210 g/mol. The maximum absolute atomic E-state index is 11.3. The maximum Gasteiger partial charge on any atom is 0.128 e. The minimum Gasteiger partial charge on any atom is -0.378 e. The molecule has 0 saturated carbocycles. The first-order valence-electron chi connectivity index (χ1n) is 5.98. The fraction of sp³-hybridized carbons (Fsp3) is 0.400. The summed E-state index contributed by atoms with van der Waals surface area (Å²) in [7, 11) is 4.10. The van der Waals surface area contributed by atoms with Gasteiger partial charge in [-0.2, -0.15) is 0 Å². The topological polar surface area (TPSA) is 20.3 Å². The lowest BCUT2D eigenvalue weighted by atomic mass is 9.69. The van der Waals surface area contributed by atoms with Gasteiger partial charge in [-0.25, -0.2) is 0 Å². The van der Waals surface area contributed by atoms with Crippen LogP contribution in [0.4, 0.5) is 0 Å². The first kappa shape index (κ1) is 11.9. The van der Waals surface area contributed by atoms with Crippen LogP contribution in [-0.2, 0) is 4.79 Å². The molecule has 2 rings (SSSR count). The highest BCUT2D eigenvalue weighted by molar-refractivity contribution is 5.63. The lowest BCUT2D eigenvalue weighted by molar-refractivity contribution is -0.111. The van der Waals surface area contributed by atoms with Crippen LogP contribution in [0.15, 0.2) is 47.7 Å².